The minimum Gasteiger partial charge on any atom is -0.244 e. The summed E-state index contributed by atoms with van der Waals surface area (Å²) in [6, 6.07) is 0. The molecule has 0 atom stereocenters. The average molecular weight is 114 g/mol. The van der Waals surface area contributed by atoms with Crippen LogP contribution in [0.3, 0.4) is 0 Å². The van der Waals surface area contributed by atoms with Crippen molar-refractivity contribution in [2.45, 2.75) is 6.67 Å². The van der Waals surface area contributed by atoms with Crippen molar-refractivity contribution in [2.75, 3.05) is 0 Å². The Hall–Kier alpha value is -0.930. The molecule has 0 N–H and O–H groups in total. The average Bonchev–Trinajstić information content (AvgIpc) is 2.14. The lowest BCUT2D eigenvalue weighted by molar-refractivity contribution is 0.470. The van der Waals surface area contributed by atoms with Crippen LogP contribution in [-0.2, 0) is 13.7 Å². The standard InChI is InChI=1S/C4H5FN3/c1-8-6-3-4(2-5)7-8/h2H2,1H3. The van der Waals surface area contributed by atoms with Crippen LogP contribution in [0.25, 0.3) is 0 Å². The van der Waals surface area contributed by atoms with Gasteiger partial charge >= 0.3 is 0 Å². The van der Waals surface area contributed by atoms with Crippen molar-refractivity contribution in [2.24, 2.45) is 7.05 Å². The van der Waals surface area contributed by atoms with Crippen LogP contribution in [0.5, 0.6) is 0 Å². The van der Waals surface area contributed by atoms with Gasteiger partial charge in [0.05, 0.1) is 0 Å². The molecule has 0 saturated carbocycles. The SMILES string of the molecule is Cn1n[c]c(CF)n1. The summed E-state index contributed by atoms with van der Waals surface area (Å²) in [4.78, 5) is 1.27. The molecular formula is C4H5FN3. The number of alkyl halides is 1. The van der Waals surface area contributed by atoms with Crippen molar-refractivity contribution in [3.8, 4) is 0 Å². The highest BCUT2D eigenvalue weighted by molar-refractivity contribution is 4.84. The van der Waals surface area contributed by atoms with E-state index in [-0.39, 0.29) is 5.69 Å². The van der Waals surface area contributed by atoms with Gasteiger partial charge in [0.1, 0.15) is 18.6 Å². The summed E-state index contributed by atoms with van der Waals surface area (Å²) in [6.07, 6.45) is 2.38. The molecule has 1 radical (unpaired) electrons. The predicted octanol–water partition coefficient (Wildman–Crippen LogP) is 0.0848. The maximum absolute atomic E-state index is 11.6. The quantitative estimate of drug-likeness (QED) is 0.517. The molecule has 43 valence electrons. The molecule has 0 fully saturated rings. The smallest absolute Gasteiger partial charge is 0.141 e. The molecule has 0 aromatic carbocycles. The van der Waals surface area contributed by atoms with E-state index in [4.69, 9.17) is 0 Å². The Labute approximate surface area is 46.1 Å². The third-order valence-electron chi connectivity index (χ3n) is 0.716. The minimum absolute atomic E-state index is 0.257. The summed E-state index contributed by atoms with van der Waals surface area (Å²) in [5.74, 6) is 0. The number of hydrogen-bond acceptors (Lipinski definition) is 2. The second-order valence-corrected chi connectivity index (χ2v) is 1.38. The van der Waals surface area contributed by atoms with E-state index in [1.54, 1.807) is 7.05 Å². The van der Waals surface area contributed by atoms with Crippen LogP contribution in [0.15, 0.2) is 0 Å². The van der Waals surface area contributed by atoms with E-state index in [0.29, 0.717) is 0 Å². The van der Waals surface area contributed by atoms with Gasteiger partial charge in [-0.2, -0.15) is 15.0 Å². The van der Waals surface area contributed by atoms with Gasteiger partial charge in [0.25, 0.3) is 0 Å². The Morgan fingerprint density at radius 3 is 2.88 bits per heavy atom. The Kier molecular flexibility index (Phi) is 1.24. The zero-order chi connectivity index (χ0) is 5.98. The summed E-state index contributed by atoms with van der Waals surface area (Å²) >= 11 is 0. The minimum atomic E-state index is -0.589. The number of rotatable bonds is 1. The van der Waals surface area contributed by atoms with Crippen LogP contribution in [0.1, 0.15) is 5.69 Å². The molecular weight excluding hydrogens is 109 g/mol. The fraction of sp³-hybridized carbons (Fsp3) is 0.500. The van der Waals surface area contributed by atoms with Gasteiger partial charge in [-0.15, -0.1) is 0 Å². The zero-order valence-corrected chi connectivity index (χ0v) is 4.43. The number of nitrogens with zero attached hydrogens (tertiary/aromatic N) is 3. The van der Waals surface area contributed by atoms with Crippen LogP contribution < -0.4 is 0 Å². The zero-order valence-electron chi connectivity index (χ0n) is 4.43. The molecule has 3 nitrogen and oxygen atoms in total. The Bertz CT molecular complexity index is 172. The summed E-state index contributed by atoms with van der Waals surface area (Å²) in [5.41, 5.74) is 0.257. The molecule has 1 aromatic rings. The van der Waals surface area contributed by atoms with Crippen molar-refractivity contribution in [3.05, 3.63) is 11.9 Å². The summed E-state index contributed by atoms with van der Waals surface area (Å²) in [6.45, 7) is -0.589. The molecule has 4 heteroatoms. The fourth-order valence-corrected chi connectivity index (χ4v) is 0.406. The van der Waals surface area contributed by atoms with Gasteiger partial charge in [0, 0.05) is 7.05 Å². The largest absolute Gasteiger partial charge is 0.244 e. The van der Waals surface area contributed by atoms with Gasteiger partial charge in [0.15, 0.2) is 0 Å². The number of halogens is 1. The van der Waals surface area contributed by atoms with Crippen molar-refractivity contribution in [1.29, 1.82) is 0 Å². The van der Waals surface area contributed by atoms with Gasteiger partial charge in [-0.05, 0) is 0 Å². The molecule has 0 aliphatic carbocycles. The van der Waals surface area contributed by atoms with Crippen LogP contribution in [-0.4, -0.2) is 15.0 Å². The first-order chi connectivity index (χ1) is 3.83. The number of aromatic nitrogens is 3. The van der Waals surface area contributed by atoms with Crippen molar-refractivity contribution in [1.82, 2.24) is 15.0 Å². The monoisotopic (exact) mass is 114 g/mol. The molecule has 0 amide bonds. The van der Waals surface area contributed by atoms with Gasteiger partial charge in [-0.25, -0.2) is 4.39 Å². The van der Waals surface area contributed by atoms with Gasteiger partial charge in [-0.1, -0.05) is 0 Å². The summed E-state index contributed by atoms with van der Waals surface area (Å²) in [7, 11) is 1.62. The second kappa shape index (κ2) is 1.90. The van der Waals surface area contributed by atoms with E-state index in [2.05, 4.69) is 16.4 Å². The van der Waals surface area contributed by atoms with Crippen LogP contribution in [0.4, 0.5) is 4.39 Å². The topological polar surface area (TPSA) is 30.7 Å². The lowest BCUT2D eigenvalue weighted by atomic mass is 10.5. The molecule has 0 unspecified atom stereocenters. The Balaban J connectivity index is 2.84. The highest BCUT2D eigenvalue weighted by Crippen LogP contribution is 1.89. The first kappa shape index (κ1) is 5.21. The van der Waals surface area contributed by atoms with Crippen LogP contribution in [0.2, 0.25) is 0 Å². The molecule has 1 heterocycles. The predicted molar refractivity (Wildman–Crippen MR) is 24.7 cm³/mol. The molecule has 0 bridgehead atoms. The van der Waals surface area contributed by atoms with Crippen LogP contribution >= 0.6 is 0 Å². The van der Waals surface area contributed by atoms with E-state index in [9.17, 15) is 4.39 Å². The van der Waals surface area contributed by atoms with E-state index >= 15 is 0 Å². The van der Waals surface area contributed by atoms with E-state index in [1.807, 2.05) is 0 Å². The number of hydrogen-bond donors (Lipinski definition) is 0. The van der Waals surface area contributed by atoms with Crippen LogP contribution in [0, 0.1) is 6.20 Å². The third-order valence-corrected chi connectivity index (χ3v) is 0.716. The van der Waals surface area contributed by atoms with E-state index < -0.39 is 6.67 Å². The second-order valence-electron chi connectivity index (χ2n) is 1.38. The highest BCUT2D eigenvalue weighted by Gasteiger charge is 1.93. The molecule has 0 spiro atoms. The lowest BCUT2D eigenvalue weighted by Crippen LogP contribution is -1.92. The van der Waals surface area contributed by atoms with Crippen molar-refractivity contribution in [3.63, 3.8) is 0 Å². The maximum atomic E-state index is 11.6. The van der Waals surface area contributed by atoms with Gasteiger partial charge < -0.3 is 0 Å². The molecule has 0 saturated heterocycles. The number of aryl methyl sites for hydroxylation is 1. The van der Waals surface area contributed by atoms with E-state index in [1.165, 1.54) is 4.80 Å². The molecule has 1 aromatic heterocycles. The summed E-state index contributed by atoms with van der Waals surface area (Å²) < 4.78 is 11.6. The van der Waals surface area contributed by atoms with E-state index in [0.717, 1.165) is 0 Å². The third kappa shape index (κ3) is 0.828. The lowest BCUT2D eigenvalue weighted by Gasteiger charge is -1.79. The Morgan fingerprint density at radius 2 is 2.62 bits per heavy atom. The van der Waals surface area contributed by atoms with Gasteiger partial charge in [0.2, 0.25) is 0 Å². The normalized spacial score (nSPS) is 9.75. The van der Waals surface area contributed by atoms with Crippen molar-refractivity contribution >= 4 is 0 Å². The fourth-order valence-electron chi connectivity index (χ4n) is 0.406. The van der Waals surface area contributed by atoms with Crippen molar-refractivity contribution < 1.29 is 4.39 Å². The highest BCUT2D eigenvalue weighted by atomic mass is 19.1. The molecule has 8 heavy (non-hydrogen) atoms. The summed E-state index contributed by atoms with van der Waals surface area (Å²) in [5, 5.41) is 7.13. The molecule has 1 rings (SSSR count). The Morgan fingerprint density at radius 1 is 1.88 bits per heavy atom. The molecule has 0 aliphatic heterocycles. The first-order valence-electron chi connectivity index (χ1n) is 2.17. The first-order valence-corrected chi connectivity index (χ1v) is 2.17. The van der Waals surface area contributed by atoms with Gasteiger partial charge in [-0.3, -0.25) is 0 Å². The maximum Gasteiger partial charge on any atom is 0.141 e. The molecule has 0 aliphatic rings.